The van der Waals surface area contributed by atoms with Crippen molar-refractivity contribution < 1.29 is 4.79 Å². The molecule has 0 saturated heterocycles. The van der Waals surface area contributed by atoms with Gasteiger partial charge in [-0.15, -0.1) is 0 Å². The zero-order chi connectivity index (χ0) is 13.3. The summed E-state index contributed by atoms with van der Waals surface area (Å²) in [5.74, 6) is 1.19. The molecule has 5 heteroatoms. The van der Waals surface area contributed by atoms with Gasteiger partial charge in [-0.25, -0.2) is 0 Å². The summed E-state index contributed by atoms with van der Waals surface area (Å²) in [7, 11) is 1.75. The molecule has 5 nitrogen and oxygen atoms in total. The molecule has 1 aliphatic rings. The monoisotopic (exact) mass is 250 g/mol. The zero-order valence-corrected chi connectivity index (χ0v) is 11.4. The number of nitrogens with two attached hydrogens (primary N) is 1. The Morgan fingerprint density at radius 3 is 2.78 bits per heavy atom. The summed E-state index contributed by atoms with van der Waals surface area (Å²) in [4.78, 5) is 12.1. The molecule has 2 unspecified atom stereocenters. The van der Waals surface area contributed by atoms with Gasteiger partial charge in [0.05, 0.1) is 11.4 Å². The fraction of sp³-hybridized carbons (Fsp3) is 0.692. The fourth-order valence-corrected chi connectivity index (χ4v) is 2.78. The molecule has 1 heterocycles. The minimum atomic E-state index is -0.116. The smallest absolute Gasteiger partial charge is 0.271 e. The van der Waals surface area contributed by atoms with Crippen LogP contribution < -0.4 is 11.1 Å². The number of amides is 1. The van der Waals surface area contributed by atoms with E-state index < -0.39 is 0 Å². The molecular formula is C13H22N4O. The number of aryl methyl sites for hydroxylation is 2. The average molecular weight is 250 g/mol. The summed E-state index contributed by atoms with van der Waals surface area (Å²) in [5.41, 5.74) is 7.53. The van der Waals surface area contributed by atoms with Gasteiger partial charge in [-0.3, -0.25) is 9.48 Å². The van der Waals surface area contributed by atoms with Crippen LogP contribution in [0.5, 0.6) is 0 Å². The van der Waals surface area contributed by atoms with Crippen molar-refractivity contribution in [3.63, 3.8) is 0 Å². The van der Waals surface area contributed by atoms with Crippen LogP contribution >= 0.6 is 0 Å². The van der Waals surface area contributed by atoms with Gasteiger partial charge >= 0.3 is 0 Å². The van der Waals surface area contributed by atoms with Gasteiger partial charge in [0.2, 0.25) is 0 Å². The quantitative estimate of drug-likeness (QED) is 0.853. The highest BCUT2D eigenvalue weighted by Crippen LogP contribution is 2.30. The van der Waals surface area contributed by atoms with E-state index in [-0.39, 0.29) is 5.91 Å². The summed E-state index contributed by atoms with van der Waals surface area (Å²) < 4.78 is 1.55. The Bertz CT molecular complexity index is 452. The lowest BCUT2D eigenvalue weighted by molar-refractivity contribution is 0.0936. The second-order valence-electron chi connectivity index (χ2n) is 5.35. The second-order valence-corrected chi connectivity index (χ2v) is 5.35. The lowest BCUT2D eigenvalue weighted by Crippen LogP contribution is -2.32. The SMILES string of the molecule is Cc1nn(C)c(C(=O)NCC2CCCC2C)c1N. The number of aromatic nitrogens is 2. The van der Waals surface area contributed by atoms with E-state index in [1.165, 1.54) is 19.3 Å². The molecule has 18 heavy (non-hydrogen) atoms. The van der Waals surface area contributed by atoms with E-state index in [2.05, 4.69) is 17.3 Å². The van der Waals surface area contributed by atoms with Crippen molar-refractivity contribution in [3.05, 3.63) is 11.4 Å². The molecule has 2 atom stereocenters. The Balaban J connectivity index is 1.99. The van der Waals surface area contributed by atoms with Crippen LogP contribution in [0.1, 0.15) is 42.4 Å². The Hall–Kier alpha value is -1.52. The summed E-state index contributed by atoms with van der Waals surface area (Å²) >= 11 is 0. The van der Waals surface area contributed by atoms with Crippen molar-refractivity contribution in [3.8, 4) is 0 Å². The number of carbonyl (C=O) groups is 1. The normalized spacial score (nSPS) is 23.3. The van der Waals surface area contributed by atoms with E-state index in [4.69, 9.17) is 5.73 Å². The largest absolute Gasteiger partial charge is 0.395 e. The number of nitrogen functional groups attached to an aromatic ring is 1. The van der Waals surface area contributed by atoms with Gasteiger partial charge in [-0.2, -0.15) is 5.10 Å². The minimum absolute atomic E-state index is 0.116. The van der Waals surface area contributed by atoms with Crippen LogP contribution in [0.3, 0.4) is 0 Å². The van der Waals surface area contributed by atoms with Crippen LogP contribution in [0.25, 0.3) is 0 Å². The van der Waals surface area contributed by atoms with Crippen molar-refractivity contribution in [2.24, 2.45) is 18.9 Å². The Kier molecular flexibility index (Phi) is 3.59. The molecule has 1 aromatic heterocycles. The highest BCUT2D eigenvalue weighted by molar-refractivity contribution is 5.97. The Morgan fingerprint density at radius 1 is 1.56 bits per heavy atom. The molecule has 0 bridgehead atoms. The maximum Gasteiger partial charge on any atom is 0.271 e. The van der Waals surface area contributed by atoms with Gasteiger partial charge in [-0.1, -0.05) is 19.8 Å². The Morgan fingerprint density at radius 2 is 2.28 bits per heavy atom. The van der Waals surface area contributed by atoms with E-state index in [0.29, 0.717) is 28.9 Å². The van der Waals surface area contributed by atoms with Crippen LogP contribution in [0.2, 0.25) is 0 Å². The summed E-state index contributed by atoms with van der Waals surface area (Å²) in [6.45, 7) is 4.81. The van der Waals surface area contributed by atoms with E-state index >= 15 is 0 Å². The standard InChI is InChI=1S/C13H22N4O/c1-8-5-4-6-10(8)7-15-13(18)12-11(14)9(2)16-17(12)3/h8,10H,4-7,14H2,1-3H3,(H,15,18). The molecule has 0 spiro atoms. The van der Waals surface area contributed by atoms with Crippen LogP contribution in [0, 0.1) is 18.8 Å². The molecule has 3 N–H and O–H groups in total. The van der Waals surface area contributed by atoms with Crippen molar-refractivity contribution >= 4 is 11.6 Å². The first-order valence-corrected chi connectivity index (χ1v) is 6.58. The predicted octanol–water partition coefficient (Wildman–Crippen LogP) is 1.48. The fourth-order valence-electron chi connectivity index (χ4n) is 2.78. The number of anilines is 1. The Labute approximate surface area is 108 Å². The maximum atomic E-state index is 12.1. The number of nitrogens with one attached hydrogen (secondary N) is 1. The summed E-state index contributed by atoms with van der Waals surface area (Å²) in [6.07, 6.45) is 3.75. The molecule has 1 aliphatic carbocycles. The van der Waals surface area contributed by atoms with Gasteiger partial charge in [0.15, 0.2) is 0 Å². The molecular weight excluding hydrogens is 228 g/mol. The van der Waals surface area contributed by atoms with Crippen LogP contribution in [-0.4, -0.2) is 22.2 Å². The van der Waals surface area contributed by atoms with E-state index in [9.17, 15) is 4.79 Å². The lowest BCUT2D eigenvalue weighted by Gasteiger charge is -2.16. The van der Waals surface area contributed by atoms with E-state index in [0.717, 1.165) is 6.54 Å². The first-order chi connectivity index (χ1) is 8.50. The van der Waals surface area contributed by atoms with Crippen LogP contribution in [0.4, 0.5) is 5.69 Å². The molecule has 1 saturated carbocycles. The van der Waals surface area contributed by atoms with Crippen molar-refractivity contribution in [1.82, 2.24) is 15.1 Å². The summed E-state index contributed by atoms with van der Waals surface area (Å²) in [6, 6.07) is 0. The average Bonchev–Trinajstić information content (AvgIpc) is 2.81. The number of nitrogens with zero attached hydrogens (tertiary/aromatic N) is 2. The zero-order valence-electron chi connectivity index (χ0n) is 11.4. The third-order valence-electron chi connectivity index (χ3n) is 4.05. The molecule has 0 aliphatic heterocycles. The highest BCUT2D eigenvalue weighted by Gasteiger charge is 2.25. The van der Waals surface area contributed by atoms with Crippen LogP contribution in [-0.2, 0) is 7.05 Å². The van der Waals surface area contributed by atoms with Crippen molar-refractivity contribution in [2.45, 2.75) is 33.1 Å². The number of hydrogen-bond acceptors (Lipinski definition) is 3. The third-order valence-corrected chi connectivity index (χ3v) is 4.05. The molecule has 2 rings (SSSR count). The summed E-state index contributed by atoms with van der Waals surface area (Å²) in [5, 5.41) is 7.14. The molecule has 1 amide bonds. The van der Waals surface area contributed by atoms with Crippen molar-refractivity contribution in [2.75, 3.05) is 12.3 Å². The first kappa shape index (κ1) is 12.9. The third kappa shape index (κ3) is 2.35. The topological polar surface area (TPSA) is 72.9 Å². The molecule has 0 radical (unpaired) electrons. The molecule has 0 aromatic carbocycles. The van der Waals surface area contributed by atoms with Gasteiger partial charge < -0.3 is 11.1 Å². The van der Waals surface area contributed by atoms with Gasteiger partial charge in [0.25, 0.3) is 5.91 Å². The predicted molar refractivity (Wildman–Crippen MR) is 71.2 cm³/mol. The van der Waals surface area contributed by atoms with Gasteiger partial charge in [0.1, 0.15) is 5.69 Å². The van der Waals surface area contributed by atoms with Gasteiger partial charge in [0, 0.05) is 13.6 Å². The van der Waals surface area contributed by atoms with E-state index in [1.54, 1.807) is 11.7 Å². The minimum Gasteiger partial charge on any atom is -0.395 e. The number of rotatable bonds is 3. The number of hydrogen-bond donors (Lipinski definition) is 2. The second kappa shape index (κ2) is 5.00. The number of carbonyl (C=O) groups excluding carboxylic acids is 1. The van der Waals surface area contributed by atoms with Crippen LogP contribution in [0.15, 0.2) is 0 Å². The molecule has 100 valence electrons. The molecule has 1 aromatic rings. The highest BCUT2D eigenvalue weighted by atomic mass is 16.2. The van der Waals surface area contributed by atoms with E-state index in [1.807, 2.05) is 6.92 Å². The lowest BCUT2D eigenvalue weighted by atomic mass is 9.98. The maximum absolute atomic E-state index is 12.1. The van der Waals surface area contributed by atoms with Gasteiger partial charge in [-0.05, 0) is 25.2 Å². The first-order valence-electron chi connectivity index (χ1n) is 6.58. The molecule has 1 fully saturated rings. The van der Waals surface area contributed by atoms with Crippen molar-refractivity contribution in [1.29, 1.82) is 0 Å².